The number of hydrogen-bond donors (Lipinski definition) is 0. The molecule has 46 heavy (non-hydrogen) atoms. The van der Waals surface area contributed by atoms with E-state index in [1.165, 1.54) is 0 Å². The van der Waals surface area contributed by atoms with Crippen molar-refractivity contribution in [3.63, 3.8) is 0 Å². The molecule has 0 fully saturated rings. The van der Waals surface area contributed by atoms with Gasteiger partial charge in [-0.05, 0) is 72.8 Å². The van der Waals surface area contributed by atoms with Gasteiger partial charge in [-0.15, -0.1) is 0 Å². The van der Waals surface area contributed by atoms with Crippen molar-refractivity contribution in [3.8, 4) is 0 Å². The molecule has 0 N–H and O–H groups in total. The average molecular weight is 662 g/mol. The minimum absolute atomic E-state index is 0.363. The minimum Gasteiger partial charge on any atom is -0.327 e. The molecule has 0 aromatic heterocycles. The maximum absolute atomic E-state index is 15.2. The molecule has 228 valence electrons. The fourth-order valence-corrected chi connectivity index (χ4v) is 11.2. The summed E-state index contributed by atoms with van der Waals surface area (Å²) in [7, 11) is -14.0. The first-order valence-electron chi connectivity index (χ1n) is 14.6. The van der Waals surface area contributed by atoms with Crippen molar-refractivity contribution < 1.29 is 27.0 Å². The van der Waals surface area contributed by atoms with Gasteiger partial charge in [0.25, 0.3) is 22.1 Å². The first-order valence-corrected chi connectivity index (χ1v) is 19.5. The van der Waals surface area contributed by atoms with Crippen LogP contribution in [0.1, 0.15) is 0 Å². The lowest BCUT2D eigenvalue weighted by molar-refractivity contribution is 0.320. The van der Waals surface area contributed by atoms with Crippen LogP contribution >= 0.6 is 22.1 Å². The summed E-state index contributed by atoms with van der Waals surface area (Å²) >= 11 is 0. The van der Waals surface area contributed by atoms with Gasteiger partial charge in [-0.3, -0.25) is 13.7 Å². The highest BCUT2D eigenvalue weighted by molar-refractivity contribution is 7.78. The Kier molecular flexibility index (Phi) is 9.82. The molecule has 0 unspecified atom stereocenters. The molecule has 0 aliphatic carbocycles. The molecule has 6 aromatic carbocycles. The van der Waals surface area contributed by atoms with E-state index in [1.807, 2.05) is 0 Å². The van der Waals surface area contributed by atoms with Gasteiger partial charge in [-0.2, -0.15) is 0 Å². The summed E-state index contributed by atoms with van der Waals surface area (Å²) < 4.78 is 64.9. The van der Waals surface area contributed by atoms with Crippen LogP contribution in [-0.2, 0) is 27.0 Å². The van der Waals surface area contributed by atoms with Gasteiger partial charge in [-0.1, -0.05) is 109 Å². The van der Waals surface area contributed by atoms with Crippen LogP contribution < -0.4 is 31.8 Å². The molecular weight excluding hydrogens is 632 g/mol. The van der Waals surface area contributed by atoms with Crippen molar-refractivity contribution in [3.05, 3.63) is 182 Å². The lowest BCUT2D eigenvalue weighted by atomic mass is 10.3. The lowest BCUT2D eigenvalue weighted by Crippen LogP contribution is -2.35. The van der Waals surface area contributed by atoms with E-state index in [9.17, 15) is 0 Å². The highest BCUT2D eigenvalue weighted by Crippen LogP contribution is 2.54. The van der Waals surface area contributed by atoms with Gasteiger partial charge in [0.05, 0.1) is 0 Å². The third kappa shape index (κ3) is 6.72. The molecule has 0 aliphatic heterocycles. The van der Waals surface area contributed by atoms with Gasteiger partial charge < -0.3 is 13.3 Å². The molecule has 0 saturated carbocycles. The molecule has 0 spiro atoms. The quantitative estimate of drug-likeness (QED) is 0.106. The zero-order valence-corrected chi connectivity index (χ0v) is 27.4. The van der Waals surface area contributed by atoms with Gasteiger partial charge >= 0.3 is 7.32 Å². The van der Waals surface area contributed by atoms with E-state index < -0.39 is 29.4 Å². The van der Waals surface area contributed by atoms with Crippen molar-refractivity contribution in [1.82, 2.24) is 0 Å². The van der Waals surface area contributed by atoms with Crippen LogP contribution in [0.25, 0.3) is 0 Å². The molecular formula is C36H30BO6P3. The van der Waals surface area contributed by atoms with Gasteiger partial charge in [-0.25, -0.2) is 0 Å². The van der Waals surface area contributed by atoms with Gasteiger partial charge in [0.2, 0.25) is 0 Å². The molecule has 0 bridgehead atoms. The van der Waals surface area contributed by atoms with E-state index in [0.29, 0.717) is 31.8 Å². The predicted octanol–water partition coefficient (Wildman–Crippen LogP) is 6.81. The second-order valence-corrected chi connectivity index (χ2v) is 17.3. The maximum atomic E-state index is 15.2. The molecule has 6 aromatic rings. The molecule has 10 heteroatoms. The topological polar surface area (TPSA) is 78.9 Å². The molecule has 6 nitrogen and oxygen atoms in total. The largest absolute Gasteiger partial charge is 0.656 e. The summed E-state index contributed by atoms with van der Waals surface area (Å²) in [5.41, 5.74) is 0. The Morgan fingerprint density at radius 1 is 0.283 bits per heavy atom. The van der Waals surface area contributed by atoms with Crippen LogP contribution in [0.2, 0.25) is 0 Å². The Morgan fingerprint density at radius 3 is 0.587 bits per heavy atom. The second-order valence-electron chi connectivity index (χ2n) is 10.3. The SMILES string of the molecule is O=P(OB(OP(=O)(c1ccccc1)c1ccccc1)OP(=O)(c1ccccc1)c1ccccc1)(c1ccccc1)c1ccccc1. The normalized spacial score (nSPS) is 12.0. The van der Waals surface area contributed by atoms with Crippen molar-refractivity contribution in [2.24, 2.45) is 0 Å². The summed E-state index contributed by atoms with van der Waals surface area (Å²) in [6, 6.07) is 52.1. The Bertz CT molecular complexity index is 1630. The average Bonchev–Trinajstić information content (AvgIpc) is 3.13. The molecule has 6 rings (SSSR count). The first kappa shape index (κ1) is 31.9. The molecule has 0 heterocycles. The Labute approximate surface area is 269 Å². The van der Waals surface area contributed by atoms with Crippen LogP contribution in [0.4, 0.5) is 0 Å². The number of benzene rings is 6. The van der Waals surface area contributed by atoms with Crippen molar-refractivity contribution in [1.29, 1.82) is 0 Å². The van der Waals surface area contributed by atoms with E-state index in [2.05, 4.69) is 0 Å². The lowest BCUT2D eigenvalue weighted by Gasteiger charge is -2.29. The zero-order valence-electron chi connectivity index (χ0n) is 24.7. The van der Waals surface area contributed by atoms with E-state index >= 15 is 13.7 Å². The van der Waals surface area contributed by atoms with E-state index in [-0.39, 0.29) is 0 Å². The van der Waals surface area contributed by atoms with Gasteiger partial charge in [0.1, 0.15) is 0 Å². The summed E-state index contributed by atoms with van der Waals surface area (Å²) in [6.07, 6.45) is 0. The summed E-state index contributed by atoms with van der Waals surface area (Å²) in [5.74, 6) is 0. The molecule has 0 aliphatic rings. The van der Waals surface area contributed by atoms with Crippen molar-refractivity contribution in [2.45, 2.75) is 0 Å². The van der Waals surface area contributed by atoms with Crippen molar-refractivity contribution >= 4 is 61.3 Å². The van der Waals surface area contributed by atoms with Crippen LogP contribution in [0.5, 0.6) is 0 Å². The molecule has 0 atom stereocenters. The van der Waals surface area contributed by atoms with Crippen molar-refractivity contribution in [2.75, 3.05) is 0 Å². The highest BCUT2D eigenvalue weighted by Gasteiger charge is 2.47. The number of rotatable bonds is 12. The highest BCUT2D eigenvalue weighted by atomic mass is 31.2. The van der Waals surface area contributed by atoms with Crippen LogP contribution in [0, 0.1) is 0 Å². The predicted molar refractivity (Wildman–Crippen MR) is 188 cm³/mol. The van der Waals surface area contributed by atoms with E-state index in [1.54, 1.807) is 182 Å². The first-order chi connectivity index (χ1) is 22.4. The Hall–Kier alpha value is -4.05. The standard InChI is InChI=1S/C36H30BO6P3/c38-44(31-19-7-1-8-20-31,32-21-9-2-10-22-32)41-37(42-45(39,33-23-11-3-12-24-33)34-25-13-4-14-26-34)43-46(40,35-27-15-5-16-28-35)36-29-17-6-18-30-36/h1-30H. The summed E-state index contributed by atoms with van der Waals surface area (Å²) in [4.78, 5) is 0. The van der Waals surface area contributed by atoms with Gasteiger partial charge in [0, 0.05) is 31.8 Å². The van der Waals surface area contributed by atoms with E-state index in [0.717, 1.165) is 0 Å². The van der Waals surface area contributed by atoms with E-state index in [4.69, 9.17) is 13.3 Å². The van der Waals surface area contributed by atoms with Gasteiger partial charge in [0.15, 0.2) is 0 Å². The number of hydrogen-bond acceptors (Lipinski definition) is 6. The van der Waals surface area contributed by atoms with Crippen LogP contribution in [0.3, 0.4) is 0 Å². The van der Waals surface area contributed by atoms with Crippen LogP contribution in [0.15, 0.2) is 182 Å². The maximum Gasteiger partial charge on any atom is 0.656 e. The second kappa shape index (κ2) is 14.2. The Balaban J connectivity index is 1.55. The smallest absolute Gasteiger partial charge is 0.327 e. The summed E-state index contributed by atoms with van der Waals surface area (Å²) in [5, 5.41) is 2.18. The minimum atomic E-state index is -4.01. The fraction of sp³-hybridized carbons (Fsp3) is 0. The monoisotopic (exact) mass is 662 g/mol. The third-order valence-electron chi connectivity index (χ3n) is 7.28. The third-order valence-corrected chi connectivity index (χ3v) is 14.6. The molecule has 0 radical (unpaired) electrons. The van der Waals surface area contributed by atoms with Crippen LogP contribution in [-0.4, -0.2) is 7.32 Å². The fourth-order valence-electron chi connectivity index (χ4n) is 4.98. The zero-order chi connectivity index (χ0) is 31.9. The molecule has 0 saturated heterocycles. The summed E-state index contributed by atoms with van der Waals surface area (Å²) in [6.45, 7) is 0. The molecule has 0 amide bonds. The Morgan fingerprint density at radius 2 is 0.435 bits per heavy atom.